The van der Waals surface area contributed by atoms with Crippen LogP contribution in [-0.2, 0) is 9.53 Å². The Bertz CT molecular complexity index is 862. The van der Waals surface area contributed by atoms with Crippen LogP contribution in [0.3, 0.4) is 0 Å². The van der Waals surface area contributed by atoms with Crippen molar-refractivity contribution in [1.82, 2.24) is 14.5 Å². The van der Waals surface area contributed by atoms with Gasteiger partial charge in [-0.25, -0.2) is 13.8 Å². The van der Waals surface area contributed by atoms with Crippen LogP contribution in [0.2, 0.25) is 0 Å². The molecule has 2 aliphatic rings. The fourth-order valence-electron chi connectivity index (χ4n) is 3.75. The number of anilines is 1. The fraction of sp³-hybridized carbons (Fsp3) is 0.368. The SMILES string of the molecule is C=C1OC[C@H]2C[C@@H](CC(=O)Nc3cn(-c4cc(F)cc(F)c4)cn3)CCN12. The third-order valence-corrected chi connectivity index (χ3v) is 5.06. The van der Waals surface area contributed by atoms with Gasteiger partial charge in [-0.2, -0.15) is 0 Å². The molecule has 0 spiro atoms. The fourth-order valence-corrected chi connectivity index (χ4v) is 3.75. The second kappa shape index (κ2) is 7.02. The quantitative estimate of drug-likeness (QED) is 0.894. The molecular weight excluding hydrogens is 354 g/mol. The topological polar surface area (TPSA) is 59.4 Å². The van der Waals surface area contributed by atoms with Crippen LogP contribution < -0.4 is 5.32 Å². The van der Waals surface area contributed by atoms with Crippen molar-refractivity contribution < 1.29 is 18.3 Å². The summed E-state index contributed by atoms with van der Waals surface area (Å²) in [7, 11) is 0. The molecule has 27 heavy (non-hydrogen) atoms. The Hall–Kier alpha value is -2.90. The van der Waals surface area contributed by atoms with E-state index in [1.54, 1.807) is 0 Å². The van der Waals surface area contributed by atoms with Crippen molar-refractivity contribution in [1.29, 1.82) is 0 Å². The van der Waals surface area contributed by atoms with Crippen LogP contribution in [0.25, 0.3) is 5.69 Å². The van der Waals surface area contributed by atoms with Gasteiger partial charge in [0.05, 0.1) is 17.9 Å². The molecule has 2 fully saturated rings. The van der Waals surface area contributed by atoms with Gasteiger partial charge in [-0.15, -0.1) is 0 Å². The first-order valence-electron chi connectivity index (χ1n) is 8.86. The molecule has 2 atom stereocenters. The Morgan fingerprint density at radius 3 is 2.89 bits per heavy atom. The number of amides is 1. The molecule has 1 aromatic carbocycles. The molecule has 2 aliphatic heterocycles. The molecule has 142 valence electrons. The Balaban J connectivity index is 1.35. The average molecular weight is 374 g/mol. The van der Waals surface area contributed by atoms with E-state index in [0.717, 1.165) is 31.3 Å². The van der Waals surface area contributed by atoms with Crippen molar-refractivity contribution in [3.05, 3.63) is 54.8 Å². The van der Waals surface area contributed by atoms with Crippen molar-refractivity contribution in [2.45, 2.75) is 25.3 Å². The summed E-state index contributed by atoms with van der Waals surface area (Å²) in [4.78, 5) is 18.6. The summed E-state index contributed by atoms with van der Waals surface area (Å²) in [6.45, 7) is 5.36. The lowest BCUT2D eigenvalue weighted by molar-refractivity contribution is -0.117. The summed E-state index contributed by atoms with van der Waals surface area (Å²) in [5.74, 6) is -0.118. The van der Waals surface area contributed by atoms with Crippen LogP contribution in [0.15, 0.2) is 43.2 Å². The van der Waals surface area contributed by atoms with Gasteiger partial charge in [0, 0.05) is 19.0 Å². The molecule has 4 rings (SSSR count). The predicted octanol–water partition coefficient (Wildman–Crippen LogP) is 3.06. The highest BCUT2D eigenvalue weighted by Gasteiger charge is 2.35. The molecular formula is C19H20F2N4O2. The first-order chi connectivity index (χ1) is 13.0. The second-order valence-corrected chi connectivity index (χ2v) is 6.99. The maximum Gasteiger partial charge on any atom is 0.225 e. The van der Waals surface area contributed by atoms with E-state index in [0.29, 0.717) is 30.6 Å². The number of carbonyl (C=O) groups is 1. The van der Waals surface area contributed by atoms with Crippen molar-refractivity contribution in [2.75, 3.05) is 18.5 Å². The van der Waals surface area contributed by atoms with Crippen molar-refractivity contribution >= 4 is 11.7 Å². The average Bonchev–Trinajstić information content (AvgIpc) is 3.21. The van der Waals surface area contributed by atoms with Crippen molar-refractivity contribution in [3.63, 3.8) is 0 Å². The maximum atomic E-state index is 13.3. The van der Waals surface area contributed by atoms with Gasteiger partial charge in [-0.3, -0.25) is 4.79 Å². The summed E-state index contributed by atoms with van der Waals surface area (Å²) in [5, 5.41) is 2.76. The van der Waals surface area contributed by atoms with Gasteiger partial charge in [0.15, 0.2) is 11.7 Å². The molecule has 6 nitrogen and oxygen atoms in total. The van der Waals surface area contributed by atoms with E-state index in [2.05, 4.69) is 21.8 Å². The van der Waals surface area contributed by atoms with E-state index in [4.69, 9.17) is 4.74 Å². The largest absolute Gasteiger partial charge is 0.477 e. The lowest BCUT2D eigenvalue weighted by atomic mass is 9.89. The number of ether oxygens (including phenoxy) is 1. The second-order valence-electron chi connectivity index (χ2n) is 6.99. The van der Waals surface area contributed by atoms with Crippen LogP contribution in [-0.4, -0.2) is 39.6 Å². The van der Waals surface area contributed by atoms with Crippen LogP contribution in [0.5, 0.6) is 0 Å². The van der Waals surface area contributed by atoms with E-state index >= 15 is 0 Å². The van der Waals surface area contributed by atoms with Crippen LogP contribution >= 0.6 is 0 Å². The molecule has 0 unspecified atom stereocenters. The normalized spacial score (nSPS) is 21.7. The smallest absolute Gasteiger partial charge is 0.225 e. The van der Waals surface area contributed by atoms with E-state index in [1.165, 1.54) is 29.2 Å². The molecule has 0 aliphatic carbocycles. The van der Waals surface area contributed by atoms with Gasteiger partial charge >= 0.3 is 0 Å². The Labute approximate surface area is 155 Å². The number of rotatable bonds is 4. The molecule has 2 aromatic rings. The molecule has 2 saturated heterocycles. The molecule has 1 N–H and O–H groups in total. The van der Waals surface area contributed by atoms with Crippen molar-refractivity contribution in [2.24, 2.45) is 5.92 Å². The number of aromatic nitrogens is 2. The zero-order valence-corrected chi connectivity index (χ0v) is 14.7. The van der Waals surface area contributed by atoms with Gasteiger partial charge in [0.2, 0.25) is 5.91 Å². The summed E-state index contributed by atoms with van der Waals surface area (Å²) < 4.78 is 33.6. The highest BCUT2D eigenvalue weighted by molar-refractivity contribution is 5.89. The first-order valence-corrected chi connectivity index (χ1v) is 8.86. The van der Waals surface area contributed by atoms with Gasteiger partial charge < -0.3 is 19.5 Å². The Kier molecular flexibility index (Phi) is 4.55. The molecule has 1 aromatic heterocycles. The number of nitrogens with one attached hydrogen (secondary N) is 1. The number of hydrogen-bond acceptors (Lipinski definition) is 4. The van der Waals surface area contributed by atoms with Crippen LogP contribution in [0.1, 0.15) is 19.3 Å². The Morgan fingerprint density at radius 1 is 1.33 bits per heavy atom. The van der Waals surface area contributed by atoms with Crippen molar-refractivity contribution in [3.8, 4) is 5.69 Å². The van der Waals surface area contributed by atoms with E-state index in [9.17, 15) is 13.6 Å². The minimum absolute atomic E-state index is 0.123. The van der Waals surface area contributed by atoms with Crippen LogP contribution in [0.4, 0.5) is 14.6 Å². The highest BCUT2D eigenvalue weighted by atomic mass is 19.1. The number of nitrogens with zero attached hydrogens (tertiary/aromatic N) is 3. The molecule has 1 amide bonds. The number of fused-ring (bicyclic) bond motifs is 1. The van der Waals surface area contributed by atoms with E-state index in [-0.39, 0.29) is 11.8 Å². The van der Waals surface area contributed by atoms with Gasteiger partial charge in [-0.05, 0) is 37.5 Å². The zero-order chi connectivity index (χ0) is 19.0. The number of halogens is 2. The first kappa shape index (κ1) is 17.5. The summed E-state index contributed by atoms with van der Waals surface area (Å²) in [6, 6.07) is 3.49. The minimum Gasteiger partial charge on any atom is -0.477 e. The summed E-state index contributed by atoms with van der Waals surface area (Å²) in [6.07, 6.45) is 5.14. The number of carbonyl (C=O) groups excluding carboxylic acids is 1. The monoisotopic (exact) mass is 374 g/mol. The number of hydrogen-bond donors (Lipinski definition) is 1. The molecule has 0 bridgehead atoms. The molecule has 8 heteroatoms. The van der Waals surface area contributed by atoms with E-state index in [1.807, 2.05) is 0 Å². The third kappa shape index (κ3) is 3.79. The number of benzene rings is 1. The zero-order valence-electron chi connectivity index (χ0n) is 14.7. The Morgan fingerprint density at radius 2 is 2.11 bits per heavy atom. The summed E-state index contributed by atoms with van der Waals surface area (Å²) in [5.41, 5.74) is 0.300. The molecule has 0 radical (unpaired) electrons. The van der Waals surface area contributed by atoms with E-state index < -0.39 is 11.6 Å². The summed E-state index contributed by atoms with van der Waals surface area (Å²) >= 11 is 0. The third-order valence-electron chi connectivity index (χ3n) is 5.06. The highest BCUT2D eigenvalue weighted by Crippen LogP contribution is 2.32. The standard InChI is InChI=1S/C19H20F2N4O2/c1-12-25-3-2-13(4-17(25)10-27-12)5-19(26)23-18-9-24(11-22-18)16-7-14(20)6-15(21)8-16/h6-9,11,13,17H,1-5,10H2,(H,23,26)/t13-,17+/m0/s1. The van der Waals surface area contributed by atoms with Gasteiger partial charge in [0.25, 0.3) is 0 Å². The predicted molar refractivity (Wildman–Crippen MR) is 95.0 cm³/mol. The molecule has 3 heterocycles. The van der Waals surface area contributed by atoms with Gasteiger partial charge in [-0.1, -0.05) is 0 Å². The molecule has 0 saturated carbocycles. The number of imidazole rings is 1. The van der Waals surface area contributed by atoms with Gasteiger partial charge in [0.1, 0.15) is 24.6 Å². The minimum atomic E-state index is -0.672. The number of piperidine rings is 1. The van der Waals surface area contributed by atoms with Crippen LogP contribution in [0, 0.1) is 17.6 Å². The lowest BCUT2D eigenvalue weighted by Gasteiger charge is -2.33. The lowest BCUT2D eigenvalue weighted by Crippen LogP contribution is -2.39. The maximum absolute atomic E-state index is 13.3.